The lowest BCUT2D eigenvalue weighted by Crippen LogP contribution is -2.41. The summed E-state index contributed by atoms with van der Waals surface area (Å²) in [6.45, 7) is 2.75. The molecule has 0 bridgehead atoms. The zero-order chi connectivity index (χ0) is 12.1. The monoisotopic (exact) mass is 240 g/mol. The van der Waals surface area contributed by atoms with Gasteiger partial charge in [0.25, 0.3) is 0 Å². The summed E-state index contributed by atoms with van der Waals surface area (Å²) >= 11 is 0. The van der Waals surface area contributed by atoms with Crippen LogP contribution in [-0.2, 0) is 0 Å². The zero-order valence-electron chi connectivity index (χ0n) is 11.2. The largest absolute Gasteiger partial charge is 0.396 e. The Labute approximate surface area is 106 Å². The van der Waals surface area contributed by atoms with Crippen molar-refractivity contribution in [1.29, 1.82) is 0 Å². The highest BCUT2D eigenvalue weighted by molar-refractivity contribution is 4.83. The Balaban J connectivity index is 1.65. The standard InChI is InChI=1S/C14H28N2O/c1-16-10-3-2-6-13(16)8-9-15-14-7-4-5-12(14)11-17/h12-15,17H,2-11H2,1H3. The first-order valence-corrected chi connectivity index (χ1v) is 7.35. The maximum atomic E-state index is 9.28. The Hall–Kier alpha value is -0.120. The molecule has 0 aromatic carbocycles. The Morgan fingerprint density at radius 3 is 2.82 bits per heavy atom. The van der Waals surface area contributed by atoms with Crippen LogP contribution in [0.1, 0.15) is 44.9 Å². The number of rotatable bonds is 5. The molecule has 1 aliphatic heterocycles. The molecule has 2 N–H and O–H groups in total. The third-order valence-corrected chi connectivity index (χ3v) is 4.70. The average Bonchev–Trinajstić information content (AvgIpc) is 2.79. The lowest BCUT2D eigenvalue weighted by Gasteiger charge is -2.33. The van der Waals surface area contributed by atoms with Crippen LogP contribution in [0.2, 0.25) is 0 Å². The van der Waals surface area contributed by atoms with Gasteiger partial charge in [-0.1, -0.05) is 12.8 Å². The van der Waals surface area contributed by atoms with Gasteiger partial charge in [-0.25, -0.2) is 0 Å². The van der Waals surface area contributed by atoms with Crippen molar-refractivity contribution in [2.75, 3.05) is 26.7 Å². The summed E-state index contributed by atoms with van der Waals surface area (Å²) in [5, 5.41) is 12.9. The Kier molecular flexibility index (Phi) is 5.26. The van der Waals surface area contributed by atoms with Gasteiger partial charge in [0.1, 0.15) is 0 Å². The van der Waals surface area contributed by atoms with Gasteiger partial charge in [0, 0.05) is 18.7 Å². The van der Waals surface area contributed by atoms with E-state index in [-0.39, 0.29) is 0 Å². The van der Waals surface area contributed by atoms with Crippen LogP contribution in [0.15, 0.2) is 0 Å². The van der Waals surface area contributed by atoms with Gasteiger partial charge in [0.2, 0.25) is 0 Å². The molecule has 1 aliphatic carbocycles. The lowest BCUT2D eigenvalue weighted by atomic mass is 9.99. The predicted molar refractivity (Wildman–Crippen MR) is 71.1 cm³/mol. The fraction of sp³-hybridized carbons (Fsp3) is 1.00. The molecule has 3 unspecified atom stereocenters. The molecule has 1 heterocycles. The second-order valence-electron chi connectivity index (χ2n) is 5.85. The van der Waals surface area contributed by atoms with E-state index in [1.165, 1.54) is 51.5 Å². The van der Waals surface area contributed by atoms with Crippen molar-refractivity contribution >= 4 is 0 Å². The zero-order valence-corrected chi connectivity index (χ0v) is 11.2. The van der Waals surface area contributed by atoms with Crippen LogP contribution in [0.5, 0.6) is 0 Å². The summed E-state index contributed by atoms with van der Waals surface area (Å²) in [4.78, 5) is 2.52. The third kappa shape index (κ3) is 3.67. The molecular formula is C14H28N2O. The van der Waals surface area contributed by atoms with E-state index < -0.39 is 0 Å². The number of hydrogen-bond acceptors (Lipinski definition) is 3. The Bertz CT molecular complexity index is 220. The maximum Gasteiger partial charge on any atom is 0.0474 e. The van der Waals surface area contributed by atoms with E-state index >= 15 is 0 Å². The Morgan fingerprint density at radius 1 is 1.18 bits per heavy atom. The molecular weight excluding hydrogens is 212 g/mol. The molecule has 3 atom stereocenters. The van der Waals surface area contributed by atoms with Crippen LogP contribution in [-0.4, -0.2) is 48.8 Å². The van der Waals surface area contributed by atoms with Gasteiger partial charge in [-0.2, -0.15) is 0 Å². The van der Waals surface area contributed by atoms with Crippen molar-refractivity contribution < 1.29 is 5.11 Å². The van der Waals surface area contributed by atoms with E-state index in [2.05, 4.69) is 17.3 Å². The minimum absolute atomic E-state index is 0.362. The van der Waals surface area contributed by atoms with Gasteiger partial charge in [0.15, 0.2) is 0 Å². The summed E-state index contributed by atoms with van der Waals surface area (Å²) < 4.78 is 0. The van der Waals surface area contributed by atoms with E-state index in [0.29, 0.717) is 18.6 Å². The summed E-state index contributed by atoms with van der Waals surface area (Å²) in [5.41, 5.74) is 0. The minimum Gasteiger partial charge on any atom is -0.396 e. The summed E-state index contributed by atoms with van der Waals surface area (Å²) in [6.07, 6.45) is 9.15. The number of hydrogen-bond donors (Lipinski definition) is 2. The molecule has 0 aromatic rings. The average molecular weight is 240 g/mol. The third-order valence-electron chi connectivity index (χ3n) is 4.70. The summed E-state index contributed by atoms with van der Waals surface area (Å²) in [6, 6.07) is 1.36. The van der Waals surface area contributed by atoms with Crippen LogP contribution < -0.4 is 5.32 Å². The molecule has 17 heavy (non-hydrogen) atoms. The molecule has 0 amide bonds. The first-order valence-electron chi connectivity index (χ1n) is 7.35. The van der Waals surface area contributed by atoms with Crippen LogP contribution in [0.25, 0.3) is 0 Å². The number of aliphatic hydroxyl groups excluding tert-OH is 1. The van der Waals surface area contributed by atoms with Crippen LogP contribution in [0.4, 0.5) is 0 Å². The highest BCUT2D eigenvalue weighted by Crippen LogP contribution is 2.25. The van der Waals surface area contributed by atoms with Crippen molar-refractivity contribution in [3.05, 3.63) is 0 Å². The van der Waals surface area contributed by atoms with Crippen molar-refractivity contribution in [1.82, 2.24) is 10.2 Å². The highest BCUT2D eigenvalue weighted by Gasteiger charge is 2.26. The van der Waals surface area contributed by atoms with E-state index in [1.54, 1.807) is 0 Å². The van der Waals surface area contributed by atoms with Crippen molar-refractivity contribution in [3.8, 4) is 0 Å². The minimum atomic E-state index is 0.362. The van der Waals surface area contributed by atoms with Gasteiger partial charge < -0.3 is 15.3 Å². The Morgan fingerprint density at radius 2 is 2.06 bits per heavy atom. The molecule has 1 saturated carbocycles. The molecule has 2 rings (SSSR count). The quantitative estimate of drug-likeness (QED) is 0.766. The second-order valence-corrected chi connectivity index (χ2v) is 5.85. The van der Waals surface area contributed by atoms with Crippen LogP contribution in [0, 0.1) is 5.92 Å². The molecule has 100 valence electrons. The molecule has 0 aromatic heterocycles. The lowest BCUT2D eigenvalue weighted by molar-refractivity contribution is 0.169. The van der Waals surface area contributed by atoms with E-state index in [9.17, 15) is 5.11 Å². The van der Waals surface area contributed by atoms with Crippen LogP contribution >= 0.6 is 0 Å². The van der Waals surface area contributed by atoms with Crippen molar-refractivity contribution in [2.24, 2.45) is 5.92 Å². The summed E-state index contributed by atoms with van der Waals surface area (Å²) in [5.74, 6) is 0.513. The number of nitrogens with zero attached hydrogens (tertiary/aromatic N) is 1. The van der Waals surface area contributed by atoms with Gasteiger partial charge in [-0.3, -0.25) is 0 Å². The predicted octanol–water partition coefficient (Wildman–Crippen LogP) is 1.61. The number of nitrogens with one attached hydrogen (secondary N) is 1. The van der Waals surface area contributed by atoms with Gasteiger partial charge in [-0.15, -0.1) is 0 Å². The van der Waals surface area contributed by atoms with E-state index in [4.69, 9.17) is 0 Å². The van der Waals surface area contributed by atoms with Crippen LogP contribution in [0.3, 0.4) is 0 Å². The van der Waals surface area contributed by atoms with E-state index in [1.807, 2.05) is 0 Å². The molecule has 2 aliphatic rings. The molecule has 0 spiro atoms. The molecule has 0 radical (unpaired) electrons. The number of piperidine rings is 1. The van der Waals surface area contributed by atoms with E-state index in [0.717, 1.165) is 12.6 Å². The van der Waals surface area contributed by atoms with Gasteiger partial charge in [-0.05, 0) is 58.2 Å². The van der Waals surface area contributed by atoms with Gasteiger partial charge >= 0.3 is 0 Å². The first-order chi connectivity index (χ1) is 8.31. The fourth-order valence-corrected chi connectivity index (χ4v) is 3.47. The van der Waals surface area contributed by atoms with Crippen molar-refractivity contribution in [2.45, 2.75) is 57.0 Å². The topological polar surface area (TPSA) is 35.5 Å². The maximum absolute atomic E-state index is 9.28. The molecule has 2 fully saturated rings. The normalized spacial score (nSPS) is 35.3. The molecule has 3 nitrogen and oxygen atoms in total. The smallest absolute Gasteiger partial charge is 0.0474 e. The molecule has 3 heteroatoms. The van der Waals surface area contributed by atoms with Gasteiger partial charge in [0.05, 0.1) is 0 Å². The highest BCUT2D eigenvalue weighted by atomic mass is 16.3. The first kappa shape index (κ1) is 13.3. The summed E-state index contributed by atoms with van der Waals surface area (Å²) in [7, 11) is 2.26. The SMILES string of the molecule is CN1CCCCC1CCNC1CCCC1CO. The van der Waals surface area contributed by atoms with Crippen molar-refractivity contribution in [3.63, 3.8) is 0 Å². The number of likely N-dealkylation sites (tertiary alicyclic amines) is 1. The molecule has 1 saturated heterocycles. The second kappa shape index (κ2) is 6.72. The number of aliphatic hydroxyl groups is 1. The fourth-order valence-electron chi connectivity index (χ4n) is 3.47.